The van der Waals surface area contributed by atoms with E-state index in [4.69, 9.17) is 0 Å². The van der Waals surface area contributed by atoms with E-state index in [1.54, 1.807) is 0 Å². The molecular weight excluding hydrogens is 384 g/mol. The van der Waals surface area contributed by atoms with Crippen LogP contribution in [0.15, 0.2) is 97.1 Å². The predicted molar refractivity (Wildman–Crippen MR) is 135 cm³/mol. The monoisotopic (exact) mass is 404 g/mol. The summed E-state index contributed by atoms with van der Waals surface area (Å²) in [6.45, 7) is 0. The zero-order valence-electron chi connectivity index (χ0n) is 17.7. The van der Waals surface area contributed by atoms with Crippen LogP contribution in [-0.2, 0) is 12.8 Å². The third-order valence-corrected chi connectivity index (χ3v) is 7.73. The number of hydrogen-bond acceptors (Lipinski definition) is 0. The highest BCUT2D eigenvalue weighted by atomic mass is 14.3. The van der Waals surface area contributed by atoms with Gasteiger partial charge in [0.25, 0.3) is 0 Å². The van der Waals surface area contributed by atoms with Crippen molar-refractivity contribution in [2.45, 2.75) is 12.8 Å². The minimum atomic E-state index is 1.02. The van der Waals surface area contributed by atoms with Crippen LogP contribution in [0.25, 0.3) is 54.6 Å². The summed E-state index contributed by atoms with van der Waals surface area (Å²) < 4.78 is 0. The Hall–Kier alpha value is -3.90. The minimum Gasteiger partial charge on any atom is -0.0619 e. The van der Waals surface area contributed by atoms with E-state index in [-0.39, 0.29) is 0 Å². The van der Waals surface area contributed by atoms with Crippen LogP contribution in [0.1, 0.15) is 22.3 Å². The number of benzene rings is 6. The Morgan fingerprint density at radius 1 is 0.344 bits per heavy atom. The zero-order valence-corrected chi connectivity index (χ0v) is 17.7. The summed E-state index contributed by atoms with van der Waals surface area (Å²) in [5.74, 6) is 0. The van der Waals surface area contributed by atoms with Gasteiger partial charge < -0.3 is 0 Å². The summed E-state index contributed by atoms with van der Waals surface area (Å²) in [5, 5.41) is 8.45. The lowest BCUT2D eigenvalue weighted by Crippen LogP contribution is -1.92. The molecule has 0 radical (unpaired) electrons. The van der Waals surface area contributed by atoms with Gasteiger partial charge in [-0.25, -0.2) is 0 Å². The van der Waals surface area contributed by atoms with Gasteiger partial charge in [-0.2, -0.15) is 0 Å². The fourth-order valence-electron chi connectivity index (χ4n) is 6.41. The number of fused-ring (bicyclic) bond motifs is 14. The molecule has 0 nitrogen and oxygen atoms in total. The first-order valence-corrected chi connectivity index (χ1v) is 11.5. The molecule has 0 atom stereocenters. The molecule has 2 aliphatic rings. The normalized spacial score (nSPS) is 13.4. The Morgan fingerprint density at radius 2 is 0.750 bits per heavy atom. The van der Waals surface area contributed by atoms with Gasteiger partial charge in [0.15, 0.2) is 0 Å². The molecule has 0 aromatic heterocycles. The van der Waals surface area contributed by atoms with E-state index in [9.17, 15) is 0 Å². The molecule has 0 saturated heterocycles. The summed E-state index contributed by atoms with van der Waals surface area (Å²) in [6.07, 6.45) is 2.05. The summed E-state index contributed by atoms with van der Waals surface area (Å²) >= 11 is 0. The second-order valence-electron chi connectivity index (χ2n) is 9.24. The van der Waals surface area contributed by atoms with E-state index in [2.05, 4.69) is 97.1 Å². The quantitative estimate of drug-likeness (QED) is 0.223. The second-order valence-corrected chi connectivity index (χ2v) is 9.24. The predicted octanol–water partition coefficient (Wildman–Crippen LogP) is 8.29. The molecule has 0 saturated carbocycles. The molecule has 8 rings (SSSR count). The van der Waals surface area contributed by atoms with Gasteiger partial charge in [0.2, 0.25) is 0 Å². The SMILES string of the molecule is c1ccc2c(c1)Cc1c-2ccc2c3ccc4c(c3c3ccccc3c12)Cc1ccccc1-4. The molecule has 0 aliphatic heterocycles. The first kappa shape index (κ1) is 16.8. The molecule has 148 valence electrons. The molecule has 0 heteroatoms. The smallest absolute Gasteiger partial charge is 0.000706 e. The first-order valence-electron chi connectivity index (χ1n) is 11.5. The van der Waals surface area contributed by atoms with Gasteiger partial charge in [-0.15, -0.1) is 0 Å². The molecule has 0 heterocycles. The Balaban J connectivity index is 1.56. The summed E-state index contributed by atoms with van der Waals surface area (Å²) in [7, 11) is 0. The first-order chi connectivity index (χ1) is 15.9. The molecule has 0 spiro atoms. The van der Waals surface area contributed by atoms with Crippen molar-refractivity contribution in [2.24, 2.45) is 0 Å². The van der Waals surface area contributed by atoms with Crippen molar-refractivity contribution in [3.05, 3.63) is 119 Å². The topological polar surface area (TPSA) is 0 Å². The highest BCUT2D eigenvalue weighted by Gasteiger charge is 2.25. The van der Waals surface area contributed by atoms with Crippen molar-refractivity contribution in [3.63, 3.8) is 0 Å². The van der Waals surface area contributed by atoms with Crippen LogP contribution in [-0.4, -0.2) is 0 Å². The number of hydrogen-bond donors (Lipinski definition) is 0. The van der Waals surface area contributed by atoms with Gasteiger partial charge in [-0.3, -0.25) is 0 Å². The van der Waals surface area contributed by atoms with Crippen molar-refractivity contribution in [1.29, 1.82) is 0 Å². The average molecular weight is 405 g/mol. The molecular formula is C32H20. The molecule has 0 fully saturated rings. The van der Waals surface area contributed by atoms with E-state index in [0.717, 1.165) is 12.8 Å². The van der Waals surface area contributed by atoms with Crippen LogP contribution >= 0.6 is 0 Å². The number of rotatable bonds is 0. The molecule has 0 unspecified atom stereocenters. The fraction of sp³-hybridized carbons (Fsp3) is 0.0625. The maximum absolute atomic E-state index is 2.37. The molecule has 0 amide bonds. The van der Waals surface area contributed by atoms with E-state index in [1.807, 2.05) is 0 Å². The molecule has 2 aliphatic carbocycles. The van der Waals surface area contributed by atoms with Gasteiger partial charge in [0.1, 0.15) is 0 Å². The molecule has 0 bridgehead atoms. The average Bonchev–Trinajstić information content (AvgIpc) is 3.42. The second kappa shape index (κ2) is 5.87. The third kappa shape index (κ3) is 1.98. The lowest BCUT2D eigenvalue weighted by molar-refractivity contribution is 1.28. The van der Waals surface area contributed by atoms with Gasteiger partial charge >= 0.3 is 0 Å². The maximum atomic E-state index is 2.37. The van der Waals surface area contributed by atoms with E-state index < -0.39 is 0 Å². The van der Waals surface area contributed by atoms with Crippen LogP contribution in [0.2, 0.25) is 0 Å². The van der Waals surface area contributed by atoms with Crippen LogP contribution in [0.4, 0.5) is 0 Å². The van der Waals surface area contributed by atoms with E-state index in [1.165, 1.54) is 76.8 Å². The Bertz CT molecular complexity index is 1620. The lowest BCUT2D eigenvalue weighted by atomic mass is 9.87. The summed E-state index contributed by atoms with van der Waals surface area (Å²) in [6, 6.07) is 36.3. The summed E-state index contributed by atoms with van der Waals surface area (Å²) in [5.41, 5.74) is 11.5. The fourth-order valence-corrected chi connectivity index (χ4v) is 6.41. The lowest BCUT2D eigenvalue weighted by Gasteiger charge is -2.16. The molecule has 6 aromatic carbocycles. The molecule has 32 heavy (non-hydrogen) atoms. The third-order valence-electron chi connectivity index (χ3n) is 7.73. The van der Waals surface area contributed by atoms with Crippen molar-refractivity contribution in [2.75, 3.05) is 0 Å². The highest BCUT2D eigenvalue weighted by molar-refractivity contribution is 6.28. The Labute approximate surface area is 186 Å². The van der Waals surface area contributed by atoms with Crippen molar-refractivity contribution in [3.8, 4) is 22.3 Å². The largest absolute Gasteiger partial charge is 0.0619 e. The molecule has 0 N–H and O–H groups in total. The minimum absolute atomic E-state index is 1.02. The van der Waals surface area contributed by atoms with Crippen LogP contribution in [0.5, 0.6) is 0 Å². The summed E-state index contributed by atoms with van der Waals surface area (Å²) in [4.78, 5) is 0. The Morgan fingerprint density at radius 3 is 1.25 bits per heavy atom. The van der Waals surface area contributed by atoms with Gasteiger partial charge in [-0.05, 0) is 89.7 Å². The van der Waals surface area contributed by atoms with Crippen LogP contribution in [0, 0.1) is 0 Å². The van der Waals surface area contributed by atoms with Crippen molar-refractivity contribution >= 4 is 32.3 Å². The van der Waals surface area contributed by atoms with Crippen molar-refractivity contribution in [1.82, 2.24) is 0 Å². The highest BCUT2D eigenvalue weighted by Crippen LogP contribution is 2.48. The zero-order chi connectivity index (χ0) is 20.8. The maximum Gasteiger partial charge on any atom is -0.000706 e. The van der Waals surface area contributed by atoms with Crippen LogP contribution < -0.4 is 0 Å². The Kier molecular flexibility index (Phi) is 3.07. The van der Waals surface area contributed by atoms with Gasteiger partial charge in [0, 0.05) is 0 Å². The molecule has 6 aromatic rings. The van der Waals surface area contributed by atoms with E-state index in [0.29, 0.717) is 0 Å². The van der Waals surface area contributed by atoms with Crippen LogP contribution in [0.3, 0.4) is 0 Å². The van der Waals surface area contributed by atoms with Gasteiger partial charge in [-0.1, -0.05) is 97.1 Å². The van der Waals surface area contributed by atoms with Crippen molar-refractivity contribution < 1.29 is 0 Å². The van der Waals surface area contributed by atoms with E-state index >= 15 is 0 Å². The standard InChI is InChI=1S/C32H20/c1-3-9-21-19(7-1)17-29-23(21)13-15-27-28-16-14-24-22-10-4-2-8-20(22)18-30(24)32(28)26-12-6-5-11-25(26)31(27)29/h1-16H,17-18H2. The van der Waals surface area contributed by atoms with Gasteiger partial charge in [0.05, 0.1) is 0 Å².